The summed E-state index contributed by atoms with van der Waals surface area (Å²) in [5.41, 5.74) is 2.89. The highest BCUT2D eigenvalue weighted by molar-refractivity contribution is 5.94. The van der Waals surface area contributed by atoms with Crippen LogP contribution in [-0.4, -0.2) is 18.5 Å². The number of amides is 1. The van der Waals surface area contributed by atoms with Crippen molar-refractivity contribution < 1.29 is 14.3 Å². The summed E-state index contributed by atoms with van der Waals surface area (Å²) < 4.78 is 4.93. The average molecular weight is 277 g/mol. The quantitative estimate of drug-likeness (QED) is 0.840. The predicted molar refractivity (Wildman–Crippen MR) is 79.7 cm³/mol. The Morgan fingerprint density at radius 1 is 1.20 bits per heavy atom. The summed E-state index contributed by atoms with van der Waals surface area (Å²) in [6, 6.07) is 5.91. The molecular formula is C16H23NO3. The molecule has 1 rings (SSSR count). The second kappa shape index (κ2) is 7.08. The molecule has 4 nitrogen and oxygen atoms in total. The van der Waals surface area contributed by atoms with Crippen LogP contribution in [0.4, 0.5) is 5.69 Å². The minimum absolute atomic E-state index is 0.229. The molecule has 0 saturated heterocycles. The lowest BCUT2D eigenvalue weighted by atomic mass is 9.98. The van der Waals surface area contributed by atoms with E-state index >= 15 is 0 Å². The summed E-state index contributed by atoms with van der Waals surface area (Å²) in [6.07, 6.45) is 0. The average Bonchev–Trinajstić information content (AvgIpc) is 2.37. The summed E-state index contributed by atoms with van der Waals surface area (Å²) in [5.74, 6) is -0.597. The maximum absolute atomic E-state index is 11.9. The van der Waals surface area contributed by atoms with Gasteiger partial charge in [0.1, 0.15) is 0 Å². The number of aryl methyl sites for hydroxylation is 1. The van der Waals surface area contributed by atoms with E-state index in [1.807, 2.05) is 25.1 Å². The van der Waals surface area contributed by atoms with E-state index in [1.54, 1.807) is 13.8 Å². The Hall–Kier alpha value is -1.84. The summed E-state index contributed by atoms with van der Waals surface area (Å²) in [6.45, 7) is 9.31. The molecule has 1 N–H and O–H groups in total. The third kappa shape index (κ3) is 4.37. The van der Waals surface area contributed by atoms with Crippen molar-refractivity contribution in [1.29, 1.82) is 0 Å². The van der Waals surface area contributed by atoms with Crippen LogP contribution in [0.3, 0.4) is 0 Å². The van der Waals surface area contributed by atoms with E-state index in [2.05, 4.69) is 19.2 Å². The van der Waals surface area contributed by atoms with E-state index in [4.69, 9.17) is 4.74 Å². The van der Waals surface area contributed by atoms with Gasteiger partial charge >= 0.3 is 5.97 Å². The van der Waals surface area contributed by atoms with Crippen molar-refractivity contribution in [3.05, 3.63) is 29.3 Å². The van der Waals surface area contributed by atoms with Crippen molar-refractivity contribution in [3.8, 4) is 0 Å². The smallest absolute Gasteiger partial charge is 0.308 e. The number of hydrogen-bond acceptors (Lipinski definition) is 3. The Labute approximate surface area is 120 Å². The Kier molecular flexibility index (Phi) is 5.74. The first-order valence-electron chi connectivity index (χ1n) is 6.89. The molecule has 1 aromatic carbocycles. The van der Waals surface area contributed by atoms with Crippen LogP contribution in [0.25, 0.3) is 0 Å². The van der Waals surface area contributed by atoms with E-state index in [1.165, 1.54) is 0 Å². The second-order valence-electron chi connectivity index (χ2n) is 5.50. The van der Waals surface area contributed by atoms with Crippen LogP contribution < -0.4 is 5.32 Å². The number of carbonyl (C=O) groups excluding carboxylic acids is 2. The van der Waals surface area contributed by atoms with Crippen molar-refractivity contribution in [2.75, 3.05) is 11.9 Å². The van der Waals surface area contributed by atoms with Gasteiger partial charge in [-0.3, -0.25) is 9.59 Å². The molecule has 0 aliphatic carbocycles. The van der Waals surface area contributed by atoms with Crippen molar-refractivity contribution in [3.63, 3.8) is 0 Å². The number of hydrogen-bond donors (Lipinski definition) is 1. The van der Waals surface area contributed by atoms with Crippen molar-refractivity contribution in [2.24, 2.45) is 5.92 Å². The lowest BCUT2D eigenvalue weighted by Gasteiger charge is -2.16. The minimum Gasteiger partial charge on any atom is -0.455 e. The highest BCUT2D eigenvalue weighted by Gasteiger charge is 2.14. The van der Waals surface area contributed by atoms with Gasteiger partial charge in [-0.25, -0.2) is 0 Å². The molecule has 0 aliphatic heterocycles. The zero-order valence-corrected chi connectivity index (χ0v) is 12.8. The standard InChI is InChI=1S/C16H23NO3/c1-10(2)13-8-6-7-12(5)15(13)17-14(18)9-20-16(19)11(3)4/h6-8,10-11H,9H2,1-5H3,(H,17,18). The molecule has 0 unspecified atom stereocenters. The summed E-state index contributed by atoms with van der Waals surface area (Å²) in [5, 5.41) is 2.84. The molecule has 110 valence electrons. The Balaban J connectivity index is 2.73. The maximum atomic E-state index is 11.9. The molecule has 0 aromatic heterocycles. The van der Waals surface area contributed by atoms with Crippen LogP contribution in [0.2, 0.25) is 0 Å². The number of para-hydroxylation sites is 1. The van der Waals surface area contributed by atoms with Gasteiger partial charge in [0, 0.05) is 5.69 Å². The molecule has 20 heavy (non-hydrogen) atoms. The van der Waals surface area contributed by atoms with E-state index < -0.39 is 0 Å². The van der Waals surface area contributed by atoms with Crippen LogP contribution >= 0.6 is 0 Å². The Morgan fingerprint density at radius 3 is 2.40 bits per heavy atom. The highest BCUT2D eigenvalue weighted by Crippen LogP contribution is 2.27. The first-order chi connectivity index (χ1) is 9.32. The summed E-state index contributed by atoms with van der Waals surface area (Å²) in [4.78, 5) is 23.2. The molecule has 0 heterocycles. The van der Waals surface area contributed by atoms with Crippen LogP contribution in [-0.2, 0) is 14.3 Å². The monoisotopic (exact) mass is 277 g/mol. The van der Waals surface area contributed by atoms with E-state index in [0.29, 0.717) is 5.92 Å². The lowest BCUT2D eigenvalue weighted by Crippen LogP contribution is -2.23. The second-order valence-corrected chi connectivity index (χ2v) is 5.50. The number of ether oxygens (including phenoxy) is 1. The SMILES string of the molecule is Cc1cccc(C(C)C)c1NC(=O)COC(=O)C(C)C. The first kappa shape index (κ1) is 16.2. The molecule has 0 bridgehead atoms. The fourth-order valence-electron chi connectivity index (χ4n) is 1.82. The Morgan fingerprint density at radius 2 is 1.85 bits per heavy atom. The lowest BCUT2D eigenvalue weighted by molar-refractivity contribution is -0.150. The molecule has 1 amide bonds. The van der Waals surface area contributed by atoms with Gasteiger partial charge in [0.2, 0.25) is 0 Å². The van der Waals surface area contributed by atoms with Gasteiger partial charge in [-0.05, 0) is 24.0 Å². The molecule has 0 saturated carbocycles. The van der Waals surface area contributed by atoms with Gasteiger partial charge in [0.25, 0.3) is 5.91 Å². The molecule has 4 heteroatoms. The number of carbonyl (C=O) groups is 2. The van der Waals surface area contributed by atoms with Gasteiger partial charge in [0.15, 0.2) is 6.61 Å². The van der Waals surface area contributed by atoms with Crippen molar-refractivity contribution >= 4 is 17.6 Å². The van der Waals surface area contributed by atoms with Crippen molar-refractivity contribution in [2.45, 2.75) is 40.5 Å². The largest absolute Gasteiger partial charge is 0.455 e. The van der Waals surface area contributed by atoms with Gasteiger partial charge in [-0.2, -0.15) is 0 Å². The highest BCUT2D eigenvalue weighted by atomic mass is 16.5. The number of anilines is 1. The summed E-state index contributed by atoms with van der Waals surface area (Å²) in [7, 11) is 0. The van der Waals surface area contributed by atoms with Crippen molar-refractivity contribution in [1.82, 2.24) is 0 Å². The third-order valence-electron chi connectivity index (χ3n) is 3.01. The van der Waals surface area contributed by atoms with Crippen LogP contribution in [0, 0.1) is 12.8 Å². The predicted octanol–water partition coefficient (Wildman–Crippen LogP) is 3.26. The van der Waals surface area contributed by atoms with E-state index in [0.717, 1.165) is 16.8 Å². The minimum atomic E-state index is -0.367. The normalized spacial score (nSPS) is 10.8. The van der Waals surface area contributed by atoms with Crippen LogP contribution in [0.15, 0.2) is 18.2 Å². The molecule has 0 fully saturated rings. The number of rotatable bonds is 5. The fraction of sp³-hybridized carbons (Fsp3) is 0.500. The van der Waals surface area contributed by atoms with E-state index in [-0.39, 0.29) is 24.4 Å². The van der Waals surface area contributed by atoms with Crippen LogP contribution in [0.5, 0.6) is 0 Å². The van der Waals surface area contributed by atoms with Crippen LogP contribution in [0.1, 0.15) is 44.7 Å². The Bertz CT molecular complexity index is 492. The number of benzene rings is 1. The van der Waals surface area contributed by atoms with Gasteiger partial charge in [-0.1, -0.05) is 45.9 Å². The van der Waals surface area contributed by atoms with Gasteiger partial charge in [-0.15, -0.1) is 0 Å². The number of esters is 1. The zero-order chi connectivity index (χ0) is 15.3. The maximum Gasteiger partial charge on any atom is 0.308 e. The fourth-order valence-corrected chi connectivity index (χ4v) is 1.82. The van der Waals surface area contributed by atoms with Gasteiger partial charge in [0.05, 0.1) is 5.92 Å². The first-order valence-corrected chi connectivity index (χ1v) is 6.89. The molecule has 1 aromatic rings. The molecule has 0 spiro atoms. The van der Waals surface area contributed by atoms with E-state index in [9.17, 15) is 9.59 Å². The summed E-state index contributed by atoms with van der Waals surface area (Å²) >= 11 is 0. The third-order valence-corrected chi connectivity index (χ3v) is 3.01. The topological polar surface area (TPSA) is 55.4 Å². The van der Waals surface area contributed by atoms with Gasteiger partial charge < -0.3 is 10.1 Å². The zero-order valence-electron chi connectivity index (χ0n) is 12.8. The number of nitrogens with one attached hydrogen (secondary N) is 1. The molecular weight excluding hydrogens is 254 g/mol. The molecule has 0 radical (unpaired) electrons. The molecule has 0 aliphatic rings. The molecule has 0 atom stereocenters.